The first-order valence-electron chi connectivity index (χ1n) is 12.1. The van der Waals surface area contributed by atoms with Crippen LogP contribution in [-0.4, -0.2) is 59.2 Å². The number of hydrogen-bond donors (Lipinski definition) is 1. The van der Waals surface area contributed by atoms with Gasteiger partial charge in [-0.05, 0) is 59.1 Å². The minimum atomic E-state index is -6.26. The molecule has 9 nitrogen and oxygen atoms in total. The second-order valence-electron chi connectivity index (χ2n) is 9.75. The molecule has 19 heteroatoms. The van der Waals surface area contributed by atoms with Crippen LogP contribution in [0.4, 0.5) is 40.8 Å². The van der Waals surface area contributed by atoms with Gasteiger partial charge in [0.25, 0.3) is 5.91 Å². The van der Waals surface area contributed by atoms with Crippen LogP contribution < -0.4 is 10.6 Å². The summed E-state index contributed by atoms with van der Waals surface area (Å²) in [5, 5.41) is 2.80. The summed E-state index contributed by atoms with van der Waals surface area (Å²) in [6.45, 7) is 1.82. The lowest BCUT2D eigenvalue weighted by Gasteiger charge is -2.31. The zero-order chi connectivity index (χ0) is 33.6. The number of nitrogens with two attached hydrogens (primary N) is 1. The van der Waals surface area contributed by atoms with Crippen LogP contribution >= 0.6 is 15.9 Å². The van der Waals surface area contributed by atoms with E-state index < -0.39 is 69.9 Å². The third kappa shape index (κ3) is 7.36. The quantitative estimate of drug-likeness (QED) is 0.301. The Hall–Kier alpha value is -3.61. The van der Waals surface area contributed by atoms with Gasteiger partial charge in [0.05, 0.1) is 23.4 Å². The van der Waals surface area contributed by atoms with E-state index in [-0.39, 0.29) is 37.1 Å². The van der Waals surface area contributed by atoms with Crippen molar-refractivity contribution in [3.8, 4) is 0 Å². The predicted octanol–water partition coefficient (Wildman–Crippen LogP) is 5.25. The van der Waals surface area contributed by atoms with Gasteiger partial charge in [0.15, 0.2) is 0 Å². The van der Waals surface area contributed by atoms with E-state index in [1.807, 2.05) is 0 Å². The fourth-order valence-corrected chi connectivity index (χ4v) is 5.87. The maximum Gasteiger partial charge on any atom is 0.461 e. The molecule has 44 heavy (non-hydrogen) atoms. The number of aryl methyl sites for hydroxylation is 1. The van der Waals surface area contributed by atoms with Gasteiger partial charge in [0.1, 0.15) is 9.84 Å². The molecule has 2 N–H and O–H groups in total. The summed E-state index contributed by atoms with van der Waals surface area (Å²) in [5.74, 6) is -12.7. The Morgan fingerprint density at radius 3 is 2.18 bits per heavy atom. The second kappa shape index (κ2) is 12.1. The molecule has 1 heterocycles. The number of anilines is 1. The summed E-state index contributed by atoms with van der Waals surface area (Å²) in [7, 11) is -3.69. The van der Waals surface area contributed by atoms with Gasteiger partial charge in [-0.15, -0.1) is 5.10 Å². The molecule has 0 saturated carbocycles. The minimum Gasteiger partial charge on any atom is -0.366 e. The van der Waals surface area contributed by atoms with Crippen molar-refractivity contribution < 1.29 is 53.1 Å². The molecule has 0 unspecified atom stereocenters. The van der Waals surface area contributed by atoms with E-state index >= 15 is 0 Å². The highest BCUT2D eigenvalue weighted by atomic mass is 79.9. The minimum absolute atomic E-state index is 0.0417. The topological polar surface area (TPSA) is 128 Å². The van der Waals surface area contributed by atoms with Crippen molar-refractivity contribution in [2.75, 3.05) is 16.9 Å². The number of carbonyl (C=O) groups is 2. The lowest BCUT2D eigenvalue weighted by Crippen LogP contribution is -2.43. The largest absolute Gasteiger partial charge is 0.461 e. The molecule has 0 bridgehead atoms. The summed E-state index contributed by atoms with van der Waals surface area (Å²) < 4.78 is 131. The Kier molecular flexibility index (Phi) is 9.56. The van der Waals surface area contributed by atoms with Crippen molar-refractivity contribution in [1.82, 2.24) is 14.8 Å². The number of sulfone groups is 1. The van der Waals surface area contributed by atoms with E-state index in [9.17, 15) is 53.1 Å². The van der Waals surface area contributed by atoms with Gasteiger partial charge in [-0.1, -0.05) is 18.2 Å². The molecule has 0 aliphatic carbocycles. The summed E-state index contributed by atoms with van der Waals surface area (Å²) in [6.07, 6.45) is -10.8. The van der Waals surface area contributed by atoms with Crippen LogP contribution in [0.25, 0.3) is 0 Å². The smallest absolute Gasteiger partial charge is 0.366 e. The Labute approximate surface area is 253 Å². The highest BCUT2D eigenvalue weighted by Crippen LogP contribution is 2.43. The molecule has 240 valence electrons. The molecule has 0 fully saturated rings. The van der Waals surface area contributed by atoms with Crippen LogP contribution in [0.2, 0.25) is 0 Å². The zero-order valence-corrected chi connectivity index (χ0v) is 25.2. The van der Waals surface area contributed by atoms with Crippen molar-refractivity contribution in [2.24, 2.45) is 5.73 Å². The first kappa shape index (κ1) is 34.9. The molecular weight excluding hydrogens is 698 g/mol. The molecular formula is C25H22BrF8N5O4S. The number of rotatable bonds is 9. The Morgan fingerprint density at radius 1 is 1.07 bits per heavy atom. The molecule has 1 aromatic heterocycles. The Balaban J connectivity index is 2.13. The lowest BCUT2D eigenvalue weighted by atomic mass is 10.0. The monoisotopic (exact) mass is 719 g/mol. The molecule has 0 saturated heterocycles. The fraction of sp³-hybridized carbons (Fsp3) is 0.360. The zero-order valence-electron chi connectivity index (χ0n) is 22.8. The van der Waals surface area contributed by atoms with Crippen LogP contribution in [0.1, 0.15) is 50.4 Å². The molecule has 2 aromatic carbocycles. The highest BCUT2D eigenvalue weighted by molar-refractivity contribution is 9.10. The predicted molar refractivity (Wildman–Crippen MR) is 144 cm³/mol. The summed E-state index contributed by atoms with van der Waals surface area (Å²) in [4.78, 5) is 29.4. The standard InChI is InChI=1S/C25H22BrF8N5O4S/c1-12-9-14(10-38-22(24(29,30)31)36-21(37-38)23(27,28)25(32,33)34)7-8-17(12)39(13(2)11-44(3,42)43)20(41)18-15(19(35)40)5-4-6-16(18)26/h4-9,13H,10-11H2,1-3H3,(H2,35,40)/t13-/m0/s1. The number of amides is 2. The average molecular weight is 720 g/mol. The van der Waals surface area contributed by atoms with Crippen molar-refractivity contribution >= 4 is 43.3 Å². The maximum absolute atomic E-state index is 13.9. The van der Waals surface area contributed by atoms with E-state index in [1.165, 1.54) is 44.2 Å². The maximum atomic E-state index is 13.9. The second-order valence-corrected chi connectivity index (χ2v) is 12.8. The summed E-state index contributed by atoms with van der Waals surface area (Å²) in [6, 6.07) is 6.59. The van der Waals surface area contributed by atoms with E-state index in [0.29, 0.717) is 0 Å². The molecule has 0 aliphatic heterocycles. The van der Waals surface area contributed by atoms with Crippen molar-refractivity contribution in [3.63, 3.8) is 0 Å². The van der Waals surface area contributed by atoms with Crippen LogP contribution in [0.5, 0.6) is 0 Å². The van der Waals surface area contributed by atoms with Gasteiger partial charge in [-0.2, -0.15) is 35.1 Å². The number of primary amides is 1. The van der Waals surface area contributed by atoms with Gasteiger partial charge in [0.2, 0.25) is 17.6 Å². The Bertz CT molecular complexity index is 1710. The third-order valence-electron chi connectivity index (χ3n) is 6.11. The Morgan fingerprint density at radius 2 is 1.68 bits per heavy atom. The molecule has 3 rings (SSSR count). The van der Waals surface area contributed by atoms with Gasteiger partial charge >= 0.3 is 18.3 Å². The van der Waals surface area contributed by atoms with Crippen LogP contribution in [0.15, 0.2) is 40.9 Å². The van der Waals surface area contributed by atoms with Crippen molar-refractivity contribution in [1.29, 1.82) is 0 Å². The number of halogens is 9. The van der Waals surface area contributed by atoms with Gasteiger partial charge < -0.3 is 10.6 Å². The van der Waals surface area contributed by atoms with Crippen molar-refractivity contribution in [2.45, 2.75) is 44.7 Å². The average Bonchev–Trinajstić information content (AvgIpc) is 3.28. The van der Waals surface area contributed by atoms with E-state index in [4.69, 9.17) is 5.73 Å². The number of carbonyl (C=O) groups excluding carboxylic acids is 2. The van der Waals surface area contributed by atoms with E-state index in [1.54, 1.807) is 0 Å². The van der Waals surface area contributed by atoms with Gasteiger partial charge in [-0.25, -0.2) is 18.1 Å². The van der Waals surface area contributed by atoms with E-state index in [2.05, 4.69) is 26.0 Å². The van der Waals surface area contributed by atoms with Crippen LogP contribution in [0.3, 0.4) is 0 Å². The number of alkyl halides is 8. The molecule has 1 atom stereocenters. The van der Waals surface area contributed by atoms with E-state index in [0.717, 1.165) is 17.2 Å². The van der Waals surface area contributed by atoms with Crippen LogP contribution in [0, 0.1) is 6.92 Å². The number of aromatic nitrogens is 3. The molecule has 0 radical (unpaired) electrons. The molecule has 0 spiro atoms. The normalized spacial score (nSPS) is 13.5. The van der Waals surface area contributed by atoms with Gasteiger partial charge in [0, 0.05) is 22.5 Å². The highest BCUT2D eigenvalue weighted by Gasteiger charge is 2.62. The summed E-state index contributed by atoms with van der Waals surface area (Å²) >= 11 is 3.18. The van der Waals surface area contributed by atoms with Gasteiger partial charge in [-0.3, -0.25) is 9.59 Å². The SMILES string of the molecule is Cc1cc(Cn2nc(C(F)(F)C(F)(F)F)nc2C(F)(F)F)ccc1N(C(=O)c1c(Br)cccc1C(N)=O)[C@@H](C)CS(C)(=O)=O. The molecule has 0 aliphatic rings. The third-order valence-corrected chi connectivity index (χ3v) is 7.86. The fourth-order valence-electron chi connectivity index (χ4n) is 4.31. The van der Waals surface area contributed by atoms with Crippen molar-refractivity contribution in [3.05, 3.63) is 74.8 Å². The lowest BCUT2D eigenvalue weighted by molar-refractivity contribution is -0.292. The summed E-state index contributed by atoms with van der Waals surface area (Å²) in [5.41, 5.74) is 5.13. The number of hydrogen-bond acceptors (Lipinski definition) is 6. The first-order chi connectivity index (χ1) is 20.0. The number of nitrogens with zero attached hydrogens (tertiary/aromatic N) is 4. The van der Waals surface area contributed by atoms with Crippen LogP contribution in [-0.2, 0) is 28.5 Å². The number of benzene rings is 2. The molecule has 3 aromatic rings. The first-order valence-corrected chi connectivity index (χ1v) is 15.0. The molecule has 2 amide bonds.